The molecule has 1 aliphatic rings. The van der Waals surface area contributed by atoms with Crippen molar-refractivity contribution in [3.8, 4) is 5.69 Å². The summed E-state index contributed by atoms with van der Waals surface area (Å²) in [6.07, 6.45) is 2.63. The number of halogens is 2. The smallest absolute Gasteiger partial charge is 0.246 e. The van der Waals surface area contributed by atoms with Crippen molar-refractivity contribution in [1.82, 2.24) is 14.8 Å². The third kappa shape index (κ3) is 3.77. The Morgan fingerprint density at radius 2 is 1.81 bits per heavy atom. The number of nitrogens with one attached hydrogen (secondary N) is 1. The van der Waals surface area contributed by atoms with Crippen LogP contribution in [0.5, 0.6) is 0 Å². The highest BCUT2D eigenvalue weighted by molar-refractivity contribution is 5.64. The fourth-order valence-corrected chi connectivity index (χ4v) is 3.30. The van der Waals surface area contributed by atoms with E-state index in [0.29, 0.717) is 5.95 Å². The lowest BCUT2D eigenvalue weighted by atomic mass is 9.96. The number of benzene rings is 2. The third-order valence-corrected chi connectivity index (χ3v) is 4.82. The normalized spacial score (nSPS) is 14.3. The average Bonchev–Trinajstić information content (AvgIpc) is 3.01. The zero-order valence-electron chi connectivity index (χ0n) is 15.3. The van der Waals surface area contributed by atoms with Gasteiger partial charge in [-0.15, -0.1) is 5.10 Å². The molecule has 0 radical (unpaired) electrons. The summed E-state index contributed by atoms with van der Waals surface area (Å²) in [5.41, 5.74) is 3.48. The summed E-state index contributed by atoms with van der Waals surface area (Å²) in [7, 11) is 0. The quantitative estimate of drug-likeness (QED) is 0.707. The van der Waals surface area contributed by atoms with Crippen molar-refractivity contribution >= 4 is 17.3 Å². The van der Waals surface area contributed by atoms with Crippen LogP contribution in [0.2, 0.25) is 0 Å². The van der Waals surface area contributed by atoms with Gasteiger partial charge in [0.2, 0.25) is 5.95 Å². The Kier molecular flexibility index (Phi) is 4.51. The largest absolute Gasteiger partial charge is 0.371 e. The molecule has 0 spiro atoms. The molecule has 1 aliphatic heterocycles. The number of hydrogen-bond donors (Lipinski definition) is 1. The second-order valence-electron chi connectivity index (χ2n) is 7.00. The number of aryl methyl sites for hydroxylation is 1. The Labute approximate surface area is 158 Å². The van der Waals surface area contributed by atoms with Crippen molar-refractivity contribution in [2.24, 2.45) is 5.92 Å². The maximum absolute atomic E-state index is 13.4. The lowest BCUT2D eigenvalue weighted by Gasteiger charge is -2.41. The van der Waals surface area contributed by atoms with Crippen LogP contribution in [-0.2, 0) is 0 Å². The molecule has 7 heteroatoms. The molecule has 3 aromatic rings. The Morgan fingerprint density at radius 3 is 2.52 bits per heavy atom. The lowest BCUT2D eigenvalue weighted by Crippen LogP contribution is -2.46. The van der Waals surface area contributed by atoms with Crippen LogP contribution in [0.4, 0.5) is 26.1 Å². The molecule has 27 heavy (non-hydrogen) atoms. The molecule has 1 saturated heterocycles. The van der Waals surface area contributed by atoms with E-state index in [1.807, 2.05) is 13.0 Å². The van der Waals surface area contributed by atoms with Crippen molar-refractivity contribution in [1.29, 1.82) is 0 Å². The van der Waals surface area contributed by atoms with Crippen LogP contribution in [0.1, 0.15) is 20.3 Å². The van der Waals surface area contributed by atoms with E-state index in [0.717, 1.165) is 36.3 Å². The van der Waals surface area contributed by atoms with Gasteiger partial charge in [0.15, 0.2) is 0 Å². The van der Waals surface area contributed by atoms with Gasteiger partial charge in [0.1, 0.15) is 18.0 Å². The van der Waals surface area contributed by atoms with E-state index >= 15 is 0 Å². The molecule has 0 unspecified atom stereocenters. The molecule has 0 aliphatic carbocycles. The highest BCUT2D eigenvalue weighted by Gasteiger charge is 2.25. The van der Waals surface area contributed by atoms with Crippen molar-refractivity contribution < 1.29 is 10.2 Å². The van der Waals surface area contributed by atoms with Crippen molar-refractivity contribution in [2.75, 3.05) is 23.3 Å². The Hall–Kier alpha value is -2.96. The zero-order valence-corrected chi connectivity index (χ0v) is 15.3. The average molecular weight is 371 g/mol. The minimum atomic E-state index is -0.654. The maximum Gasteiger partial charge on any atom is 0.246 e. The van der Waals surface area contributed by atoms with Gasteiger partial charge in [-0.2, -0.15) is 4.98 Å². The number of aromatic nitrogens is 3. The van der Waals surface area contributed by atoms with Gasteiger partial charge in [-0.1, -0.05) is 6.92 Å². The monoisotopic (exact) mass is 371 g/mol. The second-order valence-corrected chi connectivity index (χ2v) is 7.00. The highest BCUT2D eigenvalue weighted by Crippen LogP contribution is 2.30. The minimum Gasteiger partial charge on any atom is -0.371 e. The van der Waals surface area contributed by atoms with Crippen molar-refractivity contribution in [3.63, 3.8) is 0 Å². The predicted octanol–water partition coefficient (Wildman–Crippen LogP) is 4.69. The lowest BCUT2D eigenvalue weighted by molar-refractivity contribution is 0.399. The third-order valence-electron chi connectivity index (χ3n) is 4.82. The molecule has 0 bridgehead atoms. The van der Waals surface area contributed by atoms with E-state index < -0.39 is 11.6 Å². The van der Waals surface area contributed by atoms with Crippen LogP contribution < -0.4 is 10.2 Å². The first-order chi connectivity index (χ1) is 13.0. The number of rotatable bonds is 5. The maximum atomic E-state index is 13.4. The van der Waals surface area contributed by atoms with Gasteiger partial charge in [-0.05, 0) is 55.2 Å². The summed E-state index contributed by atoms with van der Waals surface area (Å²) in [5.74, 6) is -0.172. The zero-order chi connectivity index (χ0) is 19.0. The Balaban J connectivity index is 0.00000225. The molecular weight excluding hydrogens is 348 g/mol. The number of nitrogens with zero attached hydrogens (tertiary/aromatic N) is 4. The first kappa shape index (κ1) is 17.5. The summed E-state index contributed by atoms with van der Waals surface area (Å²) in [5, 5.41) is 7.44. The van der Waals surface area contributed by atoms with Crippen LogP contribution in [0.25, 0.3) is 5.69 Å². The van der Waals surface area contributed by atoms with Crippen LogP contribution in [0.15, 0.2) is 42.7 Å². The van der Waals surface area contributed by atoms with Gasteiger partial charge in [0, 0.05) is 32.0 Å². The first-order valence-electron chi connectivity index (χ1n) is 9.02. The predicted molar refractivity (Wildman–Crippen MR) is 104 cm³/mol. The molecule has 2 aromatic carbocycles. The molecule has 2 heterocycles. The Morgan fingerprint density at radius 1 is 1.07 bits per heavy atom. The highest BCUT2D eigenvalue weighted by atomic mass is 19.1. The standard InChI is InChI=1S/C20H21F2N5.H2/c1-3-14-10-26(11-14)18-5-13(2)4-17(9-18)24-20-23-12-27(25-20)19-7-15(21)6-16(22)8-19;/h4-9,12,14H,3,10-11H2,1-2H3,(H,24,25);1H. The van der Waals surface area contributed by atoms with Crippen molar-refractivity contribution in [2.45, 2.75) is 20.3 Å². The molecule has 0 saturated carbocycles. The number of hydrogen-bond acceptors (Lipinski definition) is 4. The molecule has 1 aromatic heterocycles. The fourth-order valence-electron chi connectivity index (χ4n) is 3.30. The molecule has 1 fully saturated rings. The SMILES string of the molecule is CCC1CN(c2cc(C)cc(Nc3ncn(-c4cc(F)cc(F)c4)n3)c2)C1.[HH]. The summed E-state index contributed by atoms with van der Waals surface area (Å²) in [6, 6.07) is 9.50. The number of anilines is 3. The fraction of sp³-hybridized carbons (Fsp3) is 0.300. The Bertz CT molecular complexity index is 949. The van der Waals surface area contributed by atoms with Gasteiger partial charge in [0.05, 0.1) is 5.69 Å². The molecular formula is C20H23F2N5. The van der Waals surface area contributed by atoms with Gasteiger partial charge in [-0.3, -0.25) is 0 Å². The molecule has 0 atom stereocenters. The molecule has 1 N–H and O–H groups in total. The van der Waals surface area contributed by atoms with Crippen LogP contribution in [-0.4, -0.2) is 27.9 Å². The second kappa shape index (κ2) is 6.98. The summed E-state index contributed by atoms with van der Waals surface area (Å²) in [6.45, 7) is 6.43. The topological polar surface area (TPSA) is 46.0 Å². The molecule has 142 valence electrons. The summed E-state index contributed by atoms with van der Waals surface area (Å²) in [4.78, 5) is 6.55. The van der Waals surface area contributed by atoms with Gasteiger partial charge < -0.3 is 10.2 Å². The van der Waals surface area contributed by atoms with E-state index in [1.54, 1.807) is 0 Å². The van der Waals surface area contributed by atoms with E-state index in [2.05, 4.69) is 39.4 Å². The van der Waals surface area contributed by atoms with E-state index in [1.165, 1.54) is 35.3 Å². The van der Waals surface area contributed by atoms with E-state index in [4.69, 9.17) is 0 Å². The van der Waals surface area contributed by atoms with Gasteiger partial charge >= 0.3 is 0 Å². The summed E-state index contributed by atoms with van der Waals surface area (Å²) >= 11 is 0. The van der Waals surface area contributed by atoms with Gasteiger partial charge in [-0.25, -0.2) is 13.5 Å². The molecule has 5 nitrogen and oxygen atoms in total. The molecule has 4 rings (SSSR count). The minimum absolute atomic E-state index is 0. The summed E-state index contributed by atoms with van der Waals surface area (Å²) < 4.78 is 28.1. The van der Waals surface area contributed by atoms with E-state index in [-0.39, 0.29) is 7.11 Å². The van der Waals surface area contributed by atoms with E-state index in [9.17, 15) is 8.78 Å². The van der Waals surface area contributed by atoms with Crippen molar-refractivity contribution in [3.05, 3.63) is 59.9 Å². The molecule has 0 amide bonds. The van der Waals surface area contributed by atoms with Gasteiger partial charge in [0.25, 0.3) is 0 Å². The van der Waals surface area contributed by atoms with Crippen LogP contribution in [0, 0.1) is 24.5 Å². The van der Waals surface area contributed by atoms with Crippen LogP contribution in [0.3, 0.4) is 0 Å². The first-order valence-corrected chi connectivity index (χ1v) is 9.02. The van der Waals surface area contributed by atoms with Crippen LogP contribution >= 0.6 is 0 Å².